The zero-order chi connectivity index (χ0) is 17.2. The largest absolute Gasteiger partial charge is 0.300 e. The van der Waals surface area contributed by atoms with Gasteiger partial charge in [-0.2, -0.15) is 0 Å². The van der Waals surface area contributed by atoms with Crippen molar-refractivity contribution in [3.8, 4) is 0 Å². The average molecular weight is 338 g/mol. The maximum absolute atomic E-state index is 4.53. The summed E-state index contributed by atoms with van der Waals surface area (Å²) in [6.07, 6.45) is 7.39. The number of aromatic nitrogens is 1. The van der Waals surface area contributed by atoms with Crippen molar-refractivity contribution in [2.24, 2.45) is 5.92 Å². The third kappa shape index (κ3) is 3.58. The molecule has 0 bridgehead atoms. The van der Waals surface area contributed by atoms with Gasteiger partial charge in [-0.1, -0.05) is 12.1 Å². The van der Waals surface area contributed by atoms with Crippen LogP contribution in [0.25, 0.3) is 10.9 Å². The fourth-order valence-corrected chi connectivity index (χ4v) is 4.80. The second kappa shape index (κ2) is 7.43. The van der Waals surface area contributed by atoms with Crippen molar-refractivity contribution in [2.45, 2.75) is 52.1 Å². The molecule has 2 aliphatic rings. The number of rotatable bonds is 4. The maximum Gasteiger partial charge on any atom is 0.0705 e. The van der Waals surface area contributed by atoms with Gasteiger partial charge in [0.05, 0.1) is 5.52 Å². The fraction of sp³-hybridized carbons (Fsp3) is 0.591. The number of pyridine rings is 1. The van der Waals surface area contributed by atoms with Gasteiger partial charge in [-0.15, -0.1) is 0 Å². The highest BCUT2D eigenvalue weighted by atomic mass is 15.2. The van der Waals surface area contributed by atoms with Crippen molar-refractivity contribution in [2.75, 3.05) is 26.2 Å². The SMILES string of the molecule is Cc1ccc2ncccc2c1CN1CCC([C@@H](C)N2CCCC2)CC1. The van der Waals surface area contributed by atoms with Crippen LogP contribution in [0.2, 0.25) is 0 Å². The van der Waals surface area contributed by atoms with E-state index in [4.69, 9.17) is 0 Å². The molecule has 4 rings (SSSR count). The average Bonchev–Trinajstić information content (AvgIpc) is 3.19. The maximum atomic E-state index is 4.53. The summed E-state index contributed by atoms with van der Waals surface area (Å²) in [5.74, 6) is 0.879. The first kappa shape index (κ1) is 17.0. The van der Waals surface area contributed by atoms with Crippen LogP contribution in [-0.4, -0.2) is 47.0 Å². The van der Waals surface area contributed by atoms with Crippen molar-refractivity contribution in [1.82, 2.24) is 14.8 Å². The summed E-state index contributed by atoms with van der Waals surface area (Å²) in [5, 5.41) is 1.33. The molecule has 0 saturated carbocycles. The van der Waals surface area contributed by atoms with E-state index in [0.29, 0.717) is 0 Å². The molecule has 0 amide bonds. The van der Waals surface area contributed by atoms with E-state index in [1.165, 1.54) is 68.4 Å². The van der Waals surface area contributed by atoms with Crippen LogP contribution in [0.4, 0.5) is 0 Å². The van der Waals surface area contributed by atoms with Crippen LogP contribution in [0.15, 0.2) is 30.5 Å². The van der Waals surface area contributed by atoms with E-state index in [9.17, 15) is 0 Å². The van der Waals surface area contributed by atoms with Crippen molar-refractivity contribution in [3.05, 3.63) is 41.6 Å². The van der Waals surface area contributed by atoms with Gasteiger partial charge in [0.1, 0.15) is 0 Å². The summed E-state index contributed by atoms with van der Waals surface area (Å²) in [6.45, 7) is 10.9. The van der Waals surface area contributed by atoms with Gasteiger partial charge in [-0.25, -0.2) is 0 Å². The van der Waals surface area contributed by atoms with Crippen LogP contribution in [0, 0.1) is 12.8 Å². The van der Waals surface area contributed by atoms with Crippen LogP contribution in [0.5, 0.6) is 0 Å². The highest BCUT2D eigenvalue weighted by Crippen LogP contribution is 2.29. The number of hydrogen-bond donors (Lipinski definition) is 0. The van der Waals surface area contributed by atoms with Gasteiger partial charge in [-0.05, 0) is 94.9 Å². The molecular formula is C22H31N3. The molecule has 2 aliphatic heterocycles. The molecule has 0 N–H and O–H groups in total. The molecule has 3 heteroatoms. The molecule has 1 atom stereocenters. The van der Waals surface area contributed by atoms with Crippen molar-refractivity contribution < 1.29 is 0 Å². The molecule has 3 heterocycles. The zero-order valence-electron chi connectivity index (χ0n) is 15.7. The molecule has 2 fully saturated rings. The van der Waals surface area contributed by atoms with Crippen molar-refractivity contribution in [1.29, 1.82) is 0 Å². The molecule has 1 aromatic carbocycles. The molecule has 1 aromatic heterocycles. The quantitative estimate of drug-likeness (QED) is 0.832. The van der Waals surface area contributed by atoms with E-state index in [-0.39, 0.29) is 0 Å². The minimum Gasteiger partial charge on any atom is -0.300 e. The predicted octanol–water partition coefficient (Wildman–Crippen LogP) is 4.24. The van der Waals surface area contributed by atoms with E-state index >= 15 is 0 Å². The lowest BCUT2D eigenvalue weighted by atomic mass is 9.89. The molecule has 0 spiro atoms. The standard InChI is InChI=1S/C22H31N3/c1-17-7-8-22-20(6-5-11-23-22)21(17)16-24-14-9-19(10-15-24)18(2)25-12-3-4-13-25/h5-8,11,18-19H,3-4,9-10,12-16H2,1-2H3/t18-/m1/s1. The number of hydrogen-bond acceptors (Lipinski definition) is 3. The number of aryl methyl sites for hydroxylation is 1. The highest BCUT2D eigenvalue weighted by molar-refractivity contribution is 5.83. The third-order valence-electron chi connectivity index (χ3n) is 6.54. The van der Waals surface area contributed by atoms with Crippen LogP contribution < -0.4 is 0 Å². The van der Waals surface area contributed by atoms with Crippen LogP contribution in [-0.2, 0) is 6.54 Å². The molecular weight excluding hydrogens is 306 g/mol. The van der Waals surface area contributed by atoms with Crippen LogP contribution >= 0.6 is 0 Å². The molecule has 25 heavy (non-hydrogen) atoms. The van der Waals surface area contributed by atoms with Gasteiger partial charge in [-0.3, -0.25) is 9.88 Å². The molecule has 0 radical (unpaired) electrons. The van der Waals surface area contributed by atoms with Gasteiger partial charge in [0.15, 0.2) is 0 Å². The lowest BCUT2D eigenvalue weighted by Crippen LogP contribution is -2.43. The van der Waals surface area contributed by atoms with E-state index in [0.717, 1.165) is 24.0 Å². The Kier molecular flexibility index (Phi) is 5.05. The van der Waals surface area contributed by atoms with Crippen molar-refractivity contribution >= 4 is 10.9 Å². The van der Waals surface area contributed by atoms with E-state index in [2.05, 4.69) is 52.9 Å². The Morgan fingerprint density at radius 2 is 1.84 bits per heavy atom. The zero-order valence-corrected chi connectivity index (χ0v) is 15.7. The number of likely N-dealkylation sites (tertiary alicyclic amines) is 2. The Morgan fingerprint density at radius 1 is 1.08 bits per heavy atom. The molecule has 2 aromatic rings. The Hall–Kier alpha value is -1.45. The van der Waals surface area contributed by atoms with E-state index in [1.54, 1.807) is 0 Å². The minimum atomic E-state index is 0.771. The van der Waals surface area contributed by atoms with Crippen LogP contribution in [0.1, 0.15) is 43.7 Å². The second-order valence-corrected chi connectivity index (χ2v) is 8.03. The lowest BCUT2D eigenvalue weighted by Gasteiger charge is -2.38. The van der Waals surface area contributed by atoms with Gasteiger partial charge in [0.25, 0.3) is 0 Å². The Bertz CT molecular complexity index is 712. The summed E-state index contributed by atoms with van der Waals surface area (Å²) in [7, 11) is 0. The molecule has 3 nitrogen and oxygen atoms in total. The number of fused-ring (bicyclic) bond motifs is 1. The van der Waals surface area contributed by atoms with Gasteiger partial charge >= 0.3 is 0 Å². The third-order valence-corrected chi connectivity index (χ3v) is 6.54. The summed E-state index contributed by atoms with van der Waals surface area (Å²) in [4.78, 5) is 9.91. The van der Waals surface area contributed by atoms with Crippen molar-refractivity contribution in [3.63, 3.8) is 0 Å². The topological polar surface area (TPSA) is 19.4 Å². The first-order valence-electron chi connectivity index (χ1n) is 10.0. The number of nitrogens with zero attached hydrogens (tertiary/aromatic N) is 3. The molecule has 0 aliphatic carbocycles. The normalized spacial score (nSPS) is 21.8. The van der Waals surface area contributed by atoms with E-state index in [1.807, 2.05) is 6.20 Å². The smallest absolute Gasteiger partial charge is 0.0705 e. The number of benzene rings is 1. The lowest BCUT2D eigenvalue weighted by molar-refractivity contribution is 0.108. The molecule has 2 saturated heterocycles. The minimum absolute atomic E-state index is 0.771. The Labute approximate surface area is 152 Å². The first-order chi connectivity index (χ1) is 12.2. The monoisotopic (exact) mass is 337 g/mol. The summed E-state index contributed by atoms with van der Waals surface area (Å²) in [6, 6.07) is 9.45. The fourth-order valence-electron chi connectivity index (χ4n) is 4.80. The number of piperidine rings is 1. The summed E-state index contributed by atoms with van der Waals surface area (Å²) in [5.41, 5.74) is 3.99. The van der Waals surface area contributed by atoms with Crippen LogP contribution in [0.3, 0.4) is 0 Å². The summed E-state index contributed by atoms with van der Waals surface area (Å²) >= 11 is 0. The Morgan fingerprint density at radius 3 is 2.60 bits per heavy atom. The highest BCUT2D eigenvalue weighted by Gasteiger charge is 2.29. The molecule has 134 valence electrons. The second-order valence-electron chi connectivity index (χ2n) is 8.03. The van der Waals surface area contributed by atoms with Gasteiger partial charge in [0.2, 0.25) is 0 Å². The van der Waals surface area contributed by atoms with Gasteiger partial charge < -0.3 is 4.90 Å². The summed E-state index contributed by atoms with van der Waals surface area (Å²) < 4.78 is 0. The van der Waals surface area contributed by atoms with E-state index < -0.39 is 0 Å². The van der Waals surface area contributed by atoms with Gasteiger partial charge in [0, 0.05) is 24.2 Å². The first-order valence-corrected chi connectivity index (χ1v) is 10.0. The molecule has 0 unspecified atom stereocenters. The Balaban J connectivity index is 1.41. The predicted molar refractivity (Wildman–Crippen MR) is 105 cm³/mol.